The number of carbonyl (C=O) groups excluding carboxylic acids is 2. The molecule has 18 heavy (non-hydrogen) atoms. The normalized spacial score (nSPS) is 22.4. The summed E-state index contributed by atoms with van der Waals surface area (Å²) in [5, 5.41) is 2.81. The third-order valence-electron chi connectivity index (χ3n) is 3.51. The fourth-order valence-corrected chi connectivity index (χ4v) is 2.51. The summed E-state index contributed by atoms with van der Waals surface area (Å²) in [4.78, 5) is 23.4. The highest BCUT2D eigenvalue weighted by Gasteiger charge is 2.25. The number of ether oxygens (including phenoxy) is 1. The number of Topliss-reactive ketones (excluding diaryl/α,β-unsaturated/α-hetero) is 1. The van der Waals surface area contributed by atoms with Crippen LogP contribution < -0.4 is 5.32 Å². The molecular weight excluding hydrogens is 230 g/mol. The first-order valence-electron chi connectivity index (χ1n) is 6.32. The monoisotopic (exact) mass is 245 g/mol. The number of rotatable bonds is 2. The van der Waals surface area contributed by atoms with Gasteiger partial charge in [0, 0.05) is 24.3 Å². The smallest absolute Gasteiger partial charge is 0.224 e. The SMILES string of the molecule is O=C1CCc2cc(C(=O)C3CCCO3)ccc2N1. The van der Waals surface area contributed by atoms with Crippen molar-refractivity contribution in [3.05, 3.63) is 29.3 Å². The molecule has 0 aromatic heterocycles. The Balaban J connectivity index is 1.85. The molecule has 0 aliphatic carbocycles. The highest BCUT2D eigenvalue weighted by molar-refractivity contribution is 6.01. The number of nitrogens with one attached hydrogen (secondary N) is 1. The van der Waals surface area contributed by atoms with E-state index in [-0.39, 0.29) is 17.8 Å². The van der Waals surface area contributed by atoms with Crippen LogP contribution in [0.1, 0.15) is 35.2 Å². The van der Waals surface area contributed by atoms with E-state index >= 15 is 0 Å². The lowest BCUT2D eigenvalue weighted by Crippen LogP contribution is -2.22. The Morgan fingerprint density at radius 1 is 1.33 bits per heavy atom. The molecule has 4 nitrogen and oxygen atoms in total. The van der Waals surface area contributed by atoms with Gasteiger partial charge in [-0.3, -0.25) is 9.59 Å². The molecule has 1 atom stereocenters. The van der Waals surface area contributed by atoms with Crippen LogP contribution >= 0.6 is 0 Å². The van der Waals surface area contributed by atoms with Gasteiger partial charge in [-0.2, -0.15) is 0 Å². The number of fused-ring (bicyclic) bond motifs is 1. The molecule has 1 aromatic rings. The fraction of sp³-hybridized carbons (Fsp3) is 0.429. The van der Waals surface area contributed by atoms with Crippen molar-refractivity contribution in [2.24, 2.45) is 0 Å². The third kappa shape index (κ3) is 2.04. The van der Waals surface area contributed by atoms with E-state index in [0.717, 1.165) is 24.1 Å². The maximum atomic E-state index is 12.2. The zero-order valence-corrected chi connectivity index (χ0v) is 10.1. The van der Waals surface area contributed by atoms with Gasteiger partial charge in [-0.1, -0.05) is 0 Å². The van der Waals surface area contributed by atoms with E-state index in [1.807, 2.05) is 12.1 Å². The first-order chi connectivity index (χ1) is 8.74. The molecule has 0 saturated carbocycles. The van der Waals surface area contributed by atoms with Crippen molar-refractivity contribution in [1.82, 2.24) is 0 Å². The van der Waals surface area contributed by atoms with Gasteiger partial charge in [-0.25, -0.2) is 0 Å². The summed E-state index contributed by atoms with van der Waals surface area (Å²) in [5.41, 5.74) is 2.56. The van der Waals surface area contributed by atoms with E-state index in [1.54, 1.807) is 6.07 Å². The predicted molar refractivity (Wildman–Crippen MR) is 66.7 cm³/mol. The van der Waals surface area contributed by atoms with Crippen molar-refractivity contribution >= 4 is 17.4 Å². The minimum Gasteiger partial charge on any atom is -0.370 e. The molecule has 1 amide bonds. The summed E-state index contributed by atoms with van der Waals surface area (Å²) < 4.78 is 5.41. The van der Waals surface area contributed by atoms with Gasteiger partial charge in [0.1, 0.15) is 6.10 Å². The van der Waals surface area contributed by atoms with Crippen LogP contribution in [0.4, 0.5) is 5.69 Å². The molecule has 1 aromatic carbocycles. The lowest BCUT2D eigenvalue weighted by molar-refractivity contribution is -0.116. The number of aryl methyl sites for hydroxylation is 1. The predicted octanol–water partition coefficient (Wildman–Crippen LogP) is 1.93. The van der Waals surface area contributed by atoms with Crippen LogP contribution in [0.2, 0.25) is 0 Å². The van der Waals surface area contributed by atoms with Crippen molar-refractivity contribution in [1.29, 1.82) is 0 Å². The highest BCUT2D eigenvalue weighted by atomic mass is 16.5. The average Bonchev–Trinajstić information content (AvgIpc) is 2.91. The number of amides is 1. The zero-order valence-electron chi connectivity index (χ0n) is 10.1. The minimum atomic E-state index is -0.277. The molecule has 2 heterocycles. The molecule has 94 valence electrons. The maximum Gasteiger partial charge on any atom is 0.224 e. The van der Waals surface area contributed by atoms with E-state index in [0.29, 0.717) is 25.0 Å². The molecule has 4 heteroatoms. The van der Waals surface area contributed by atoms with Crippen molar-refractivity contribution in [3.8, 4) is 0 Å². The minimum absolute atomic E-state index is 0.0423. The van der Waals surface area contributed by atoms with E-state index in [4.69, 9.17) is 4.74 Å². The van der Waals surface area contributed by atoms with Crippen LogP contribution in [0.5, 0.6) is 0 Å². The van der Waals surface area contributed by atoms with E-state index in [9.17, 15) is 9.59 Å². The van der Waals surface area contributed by atoms with Crippen molar-refractivity contribution in [2.75, 3.05) is 11.9 Å². The molecule has 3 rings (SSSR count). The molecule has 0 spiro atoms. The van der Waals surface area contributed by atoms with Gasteiger partial charge in [0.05, 0.1) is 0 Å². The zero-order chi connectivity index (χ0) is 12.5. The van der Waals surface area contributed by atoms with E-state index in [1.165, 1.54) is 0 Å². The summed E-state index contributed by atoms with van der Waals surface area (Å²) in [6.45, 7) is 0.678. The van der Waals surface area contributed by atoms with Crippen LogP contribution in [-0.4, -0.2) is 24.4 Å². The summed E-state index contributed by atoms with van der Waals surface area (Å²) >= 11 is 0. The fourth-order valence-electron chi connectivity index (χ4n) is 2.51. The second-order valence-electron chi connectivity index (χ2n) is 4.79. The quantitative estimate of drug-likeness (QED) is 0.810. The molecule has 0 radical (unpaired) electrons. The summed E-state index contributed by atoms with van der Waals surface area (Å²) in [5.74, 6) is 0.105. The Morgan fingerprint density at radius 2 is 2.22 bits per heavy atom. The Labute approximate surface area is 105 Å². The van der Waals surface area contributed by atoms with Gasteiger partial charge in [0.15, 0.2) is 5.78 Å². The Hall–Kier alpha value is -1.68. The molecule has 2 aliphatic heterocycles. The van der Waals surface area contributed by atoms with Gasteiger partial charge < -0.3 is 10.1 Å². The summed E-state index contributed by atoms with van der Waals surface area (Å²) in [7, 11) is 0. The number of anilines is 1. The van der Waals surface area contributed by atoms with Crippen molar-refractivity contribution in [3.63, 3.8) is 0 Å². The highest BCUT2D eigenvalue weighted by Crippen LogP contribution is 2.25. The number of hydrogen-bond donors (Lipinski definition) is 1. The number of hydrogen-bond acceptors (Lipinski definition) is 3. The van der Waals surface area contributed by atoms with Gasteiger partial charge >= 0.3 is 0 Å². The molecule has 0 bridgehead atoms. The Kier molecular flexibility index (Phi) is 2.88. The van der Waals surface area contributed by atoms with Gasteiger partial charge in [-0.15, -0.1) is 0 Å². The molecule has 1 saturated heterocycles. The van der Waals surface area contributed by atoms with Gasteiger partial charge in [0.2, 0.25) is 5.91 Å². The van der Waals surface area contributed by atoms with E-state index in [2.05, 4.69) is 5.32 Å². The molecule has 2 aliphatic rings. The average molecular weight is 245 g/mol. The van der Waals surface area contributed by atoms with Crippen molar-refractivity contribution < 1.29 is 14.3 Å². The first-order valence-corrected chi connectivity index (χ1v) is 6.32. The largest absolute Gasteiger partial charge is 0.370 e. The van der Waals surface area contributed by atoms with Crippen molar-refractivity contribution in [2.45, 2.75) is 31.8 Å². The van der Waals surface area contributed by atoms with Gasteiger partial charge in [-0.05, 0) is 43.0 Å². The van der Waals surface area contributed by atoms with Crippen LogP contribution in [0.25, 0.3) is 0 Å². The maximum absolute atomic E-state index is 12.2. The van der Waals surface area contributed by atoms with E-state index < -0.39 is 0 Å². The van der Waals surface area contributed by atoms with Crippen LogP contribution in [0.15, 0.2) is 18.2 Å². The number of carbonyl (C=O) groups is 2. The van der Waals surface area contributed by atoms with Crippen LogP contribution in [0.3, 0.4) is 0 Å². The summed E-state index contributed by atoms with van der Waals surface area (Å²) in [6.07, 6.45) is 2.68. The molecule has 1 unspecified atom stereocenters. The Bertz CT molecular complexity index is 504. The number of benzene rings is 1. The van der Waals surface area contributed by atoms with Crippen LogP contribution in [0, 0.1) is 0 Å². The first kappa shape index (κ1) is 11.4. The second kappa shape index (κ2) is 4.53. The van der Waals surface area contributed by atoms with Crippen LogP contribution in [-0.2, 0) is 16.0 Å². The summed E-state index contributed by atoms with van der Waals surface area (Å²) in [6, 6.07) is 5.47. The van der Waals surface area contributed by atoms with Gasteiger partial charge in [0.25, 0.3) is 0 Å². The topological polar surface area (TPSA) is 55.4 Å². The second-order valence-corrected chi connectivity index (χ2v) is 4.79. The standard InChI is InChI=1S/C14H15NO3/c16-13-6-4-9-8-10(3-5-11(9)15-13)14(17)12-2-1-7-18-12/h3,5,8,12H,1-2,4,6-7H2,(H,15,16). The third-order valence-corrected chi connectivity index (χ3v) is 3.51. The lowest BCUT2D eigenvalue weighted by Gasteiger charge is -2.18. The molecule has 1 fully saturated rings. The lowest BCUT2D eigenvalue weighted by atomic mass is 9.96. The molecular formula is C14H15NO3. The Morgan fingerprint density at radius 3 is 3.00 bits per heavy atom. The number of ketones is 1. The molecule has 1 N–H and O–H groups in total.